The average Bonchev–Trinajstić information content (AvgIpc) is 3.25. The molecule has 0 saturated carbocycles. The fourth-order valence-electron chi connectivity index (χ4n) is 4.31. The molecule has 160 valence electrons. The molecular weight excluding hydrogens is 397 g/mol. The molecule has 2 unspecified atom stereocenters. The van der Waals surface area contributed by atoms with Crippen molar-refractivity contribution < 1.29 is 22.8 Å². The average molecular weight is 420 g/mol. The molecule has 2 aliphatic rings. The fourth-order valence-corrected chi connectivity index (χ4v) is 4.31. The van der Waals surface area contributed by atoms with Gasteiger partial charge in [0.15, 0.2) is 0 Å². The third-order valence-corrected chi connectivity index (χ3v) is 5.91. The lowest BCUT2D eigenvalue weighted by Gasteiger charge is -2.25. The molecule has 1 aromatic carbocycles. The van der Waals surface area contributed by atoms with Gasteiger partial charge in [0.2, 0.25) is 11.8 Å². The van der Waals surface area contributed by atoms with Crippen LogP contribution < -0.4 is 5.32 Å². The monoisotopic (exact) mass is 420 g/mol. The Balaban J connectivity index is 1.40. The van der Waals surface area contributed by atoms with Crippen molar-refractivity contribution in [3.05, 3.63) is 52.8 Å². The molecule has 1 saturated heterocycles. The predicted molar refractivity (Wildman–Crippen MR) is 102 cm³/mol. The number of carbonyl (C=O) groups is 2. The van der Waals surface area contributed by atoms with E-state index in [1.54, 1.807) is 12.3 Å². The molecule has 0 radical (unpaired) electrons. The first-order valence-corrected chi connectivity index (χ1v) is 9.97. The number of aryl methyl sites for hydroxylation is 1. The van der Waals surface area contributed by atoms with E-state index in [1.165, 1.54) is 11.0 Å². The molecule has 2 heterocycles. The number of fused-ring (bicyclic) bond motifs is 1. The molecule has 0 spiro atoms. The van der Waals surface area contributed by atoms with Crippen molar-refractivity contribution in [1.29, 1.82) is 0 Å². The number of halogens is 3. The van der Waals surface area contributed by atoms with Crippen LogP contribution >= 0.6 is 0 Å². The Bertz CT molecular complexity index is 969. The predicted octanol–water partition coefficient (Wildman–Crippen LogP) is 2.98. The summed E-state index contributed by atoms with van der Waals surface area (Å²) in [5.74, 6) is -0.930. The van der Waals surface area contributed by atoms with Crippen LogP contribution in [0, 0.1) is 5.92 Å². The Morgan fingerprint density at radius 1 is 1.33 bits per heavy atom. The number of nitrogens with zero attached hydrogens (tertiary/aromatic N) is 3. The van der Waals surface area contributed by atoms with E-state index in [2.05, 4.69) is 10.4 Å². The van der Waals surface area contributed by atoms with Crippen molar-refractivity contribution in [2.45, 2.75) is 44.4 Å². The highest BCUT2D eigenvalue weighted by Gasteiger charge is 2.36. The van der Waals surface area contributed by atoms with Crippen LogP contribution in [0.3, 0.4) is 0 Å². The van der Waals surface area contributed by atoms with Crippen LogP contribution in [0.15, 0.2) is 30.5 Å². The minimum Gasteiger partial charge on any atom is -0.349 e. The summed E-state index contributed by atoms with van der Waals surface area (Å²) in [4.78, 5) is 26.6. The Hall–Kier alpha value is -2.84. The second-order valence-corrected chi connectivity index (χ2v) is 8.00. The molecule has 6 nitrogen and oxygen atoms in total. The number of benzene rings is 1. The van der Waals surface area contributed by atoms with Crippen LogP contribution in [-0.2, 0) is 35.8 Å². The summed E-state index contributed by atoms with van der Waals surface area (Å²) in [6.45, 7) is 0.260. The number of nitrogens with one attached hydrogen (secondary N) is 1. The third kappa shape index (κ3) is 4.06. The van der Waals surface area contributed by atoms with Crippen LogP contribution in [0.25, 0.3) is 0 Å². The van der Waals surface area contributed by atoms with Gasteiger partial charge in [0.1, 0.15) is 0 Å². The Morgan fingerprint density at radius 2 is 2.13 bits per heavy atom. The molecule has 1 fully saturated rings. The lowest BCUT2D eigenvalue weighted by molar-refractivity contribution is -0.137. The second kappa shape index (κ2) is 7.77. The van der Waals surface area contributed by atoms with Crippen LogP contribution in [0.2, 0.25) is 0 Å². The maximum absolute atomic E-state index is 12.9. The summed E-state index contributed by atoms with van der Waals surface area (Å²) in [6.07, 6.45) is 0.0991. The Morgan fingerprint density at radius 3 is 2.90 bits per heavy atom. The molecule has 1 aromatic heterocycles. The number of hydrogen-bond donors (Lipinski definition) is 1. The highest BCUT2D eigenvalue weighted by Crippen LogP contribution is 2.32. The third-order valence-electron chi connectivity index (χ3n) is 5.91. The number of hydrogen-bond acceptors (Lipinski definition) is 3. The molecule has 0 bridgehead atoms. The van der Waals surface area contributed by atoms with Gasteiger partial charge >= 0.3 is 6.18 Å². The van der Waals surface area contributed by atoms with Gasteiger partial charge in [0.05, 0.1) is 23.7 Å². The summed E-state index contributed by atoms with van der Waals surface area (Å²) in [5, 5.41) is 7.32. The van der Waals surface area contributed by atoms with Crippen molar-refractivity contribution in [3.8, 4) is 0 Å². The van der Waals surface area contributed by atoms with Crippen molar-refractivity contribution in [2.75, 3.05) is 6.54 Å². The normalized spacial score (nSPS) is 21.6. The van der Waals surface area contributed by atoms with E-state index in [0.717, 1.165) is 42.7 Å². The van der Waals surface area contributed by atoms with E-state index in [4.69, 9.17) is 0 Å². The summed E-state index contributed by atoms with van der Waals surface area (Å²) in [5.41, 5.74) is 1.78. The van der Waals surface area contributed by atoms with E-state index in [0.29, 0.717) is 5.56 Å². The number of rotatable bonds is 4. The van der Waals surface area contributed by atoms with Gasteiger partial charge in [-0.3, -0.25) is 14.3 Å². The molecule has 2 aromatic rings. The zero-order valence-corrected chi connectivity index (χ0v) is 16.6. The minimum atomic E-state index is -4.43. The number of carbonyl (C=O) groups excluding carboxylic acids is 2. The largest absolute Gasteiger partial charge is 0.416 e. The van der Waals surface area contributed by atoms with Gasteiger partial charge in [-0.25, -0.2) is 0 Å². The second-order valence-electron chi connectivity index (χ2n) is 8.00. The molecule has 30 heavy (non-hydrogen) atoms. The minimum absolute atomic E-state index is 0.0582. The number of amides is 2. The standard InChI is InChI=1S/C21H23F3N4O2/c1-27-18-7-3-6-17(16(18)10-25-27)26-20(30)14-9-19(29)28(12-14)11-13-4-2-5-15(8-13)21(22,23)24/h2,4-5,8,10,14,17H,3,6-7,9,11-12H2,1H3,(H,26,30). The zero-order valence-electron chi connectivity index (χ0n) is 16.6. The number of likely N-dealkylation sites (tertiary alicyclic amines) is 1. The number of alkyl halides is 3. The lowest BCUT2D eigenvalue weighted by atomic mass is 9.92. The van der Waals surface area contributed by atoms with Crippen molar-refractivity contribution in [1.82, 2.24) is 20.0 Å². The molecule has 4 rings (SSSR count). The molecular formula is C21H23F3N4O2. The first kappa shape index (κ1) is 20.4. The first-order chi connectivity index (χ1) is 14.2. The van der Waals surface area contributed by atoms with Gasteiger partial charge in [-0.05, 0) is 37.0 Å². The van der Waals surface area contributed by atoms with Crippen molar-refractivity contribution in [2.24, 2.45) is 13.0 Å². The van der Waals surface area contributed by atoms with Crippen LogP contribution in [-0.4, -0.2) is 33.0 Å². The van der Waals surface area contributed by atoms with E-state index in [1.807, 2.05) is 11.7 Å². The summed E-state index contributed by atoms with van der Waals surface area (Å²) < 4.78 is 40.6. The molecule has 1 N–H and O–H groups in total. The topological polar surface area (TPSA) is 67.2 Å². The fraction of sp³-hybridized carbons (Fsp3) is 0.476. The lowest BCUT2D eigenvalue weighted by Crippen LogP contribution is -2.36. The zero-order chi connectivity index (χ0) is 21.5. The molecule has 2 atom stereocenters. The van der Waals surface area contributed by atoms with Crippen LogP contribution in [0.4, 0.5) is 13.2 Å². The Labute approximate surface area is 172 Å². The SMILES string of the molecule is Cn1ncc2c1CCCC2NC(=O)C1CC(=O)N(Cc2cccc(C(F)(F)F)c2)C1. The van der Waals surface area contributed by atoms with E-state index in [9.17, 15) is 22.8 Å². The Kier molecular flexibility index (Phi) is 5.29. The maximum Gasteiger partial charge on any atom is 0.416 e. The number of aromatic nitrogens is 2. The van der Waals surface area contributed by atoms with Crippen LogP contribution in [0.1, 0.15) is 47.7 Å². The van der Waals surface area contributed by atoms with Gasteiger partial charge in [-0.2, -0.15) is 18.3 Å². The molecule has 9 heteroatoms. The molecule has 2 amide bonds. The van der Waals surface area contributed by atoms with Gasteiger partial charge in [0.25, 0.3) is 0 Å². The quantitative estimate of drug-likeness (QED) is 0.827. The highest BCUT2D eigenvalue weighted by molar-refractivity contribution is 5.89. The summed E-state index contributed by atoms with van der Waals surface area (Å²) >= 11 is 0. The highest BCUT2D eigenvalue weighted by atomic mass is 19.4. The van der Waals surface area contributed by atoms with Gasteiger partial charge < -0.3 is 10.2 Å². The van der Waals surface area contributed by atoms with Gasteiger partial charge in [0, 0.05) is 37.8 Å². The van der Waals surface area contributed by atoms with E-state index >= 15 is 0 Å². The molecule has 1 aliphatic carbocycles. The first-order valence-electron chi connectivity index (χ1n) is 9.97. The van der Waals surface area contributed by atoms with E-state index < -0.39 is 17.7 Å². The van der Waals surface area contributed by atoms with E-state index in [-0.39, 0.29) is 37.4 Å². The van der Waals surface area contributed by atoms with Crippen molar-refractivity contribution in [3.63, 3.8) is 0 Å². The van der Waals surface area contributed by atoms with Gasteiger partial charge in [-0.15, -0.1) is 0 Å². The van der Waals surface area contributed by atoms with Gasteiger partial charge in [-0.1, -0.05) is 12.1 Å². The van der Waals surface area contributed by atoms with Crippen LogP contribution in [0.5, 0.6) is 0 Å². The van der Waals surface area contributed by atoms with Crippen molar-refractivity contribution >= 4 is 11.8 Å². The summed E-state index contributed by atoms with van der Waals surface area (Å²) in [7, 11) is 1.88. The maximum atomic E-state index is 12.9. The summed E-state index contributed by atoms with van der Waals surface area (Å²) in [6, 6.07) is 4.82. The smallest absolute Gasteiger partial charge is 0.349 e. The molecule has 1 aliphatic heterocycles.